The van der Waals surface area contributed by atoms with Gasteiger partial charge in [0.1, 0.15) is 0 Å². The fourth-order valence-corrected chi connectivity index (χ4v) is 3.46. The first-order chi connectivity index (χ1) is 12.3. The molecule has 0 radical (unpaired) electrons. The zero-order valence-corrected chi connectivity index (χ0v) is 18.3. The van der Waals surface area contributed by atoms with Crippen LogP contribution in [0.1, 0.15) is 17.4 Å². The fourth-order valence-electron chi connectivity index (χ4n) is 2.76. The smallest absolute Gasteiger partial charge is 0.193 e. The Hall–Kier alpha value is -1.67. The molecule has 3 rings (SSSR count). The van der Waals surface area contributed by atoms with Gasteiger partial charge in [-0.15, -0.1) is 35.3 Å². The van der Waals surface area contributed by atoms with Crippen LogP contribution in [0.15, 0.2) is 59.0 Å². The predicted octanol–water partition coefficient (Wildman–Crippen LogP) is 4.55. The molecule has 0 fully saturated rings. The van der Waals surface area contributed by atoms with Crippen LogP contribution in [0.4, 0.5) is 0 Å². The Bertz CT molecular complexity index is 827. The summed E-state index contributed by atoms with van der Waals surface area (Å²) >= 11 is 1.81. The van der Waals surface area contributed by atoms with E-state index in [1.165, 1.54) is 15.8 Å². The van der Waals surface area contributed by atoms with Crippen LogP contribution in [-0.4, -0.2) is 36.0 Å². The summed E-state index contributed by atoms with van der Waals surface area (Å²) in [7, 11) is 2.10. The van der Waals surface area contributed by atoms with E-state index in [-0.39, 0.29) is 24.0 Å². The van der Waals surface area contributed by atoms with Gasteiger partial charge < -0.3 is 10.2 Å². The Balaban J connectivity index is 0.00000243. The van der Waals surface area contributed by atoms with Gasteiger partial charge in [0.2, 0.25) is 0 Å². The molecule has 0 unspecified atom stereocenters. The molecule has 1 aromatic carbocycles. The Morgan fingerprint density at radius 2 is 2.04 bits per heavy atom. The summed E-state index contributed by atoms with van der Waals surface area (Å²) in [5, 5.41) is 6.69. The molecule has 2 aromatic heterocycles. The van der Waals surface area contributed by atoms with E-state index in [0.29, 0.717) is 6.54 Å². The number of aliphatic imine (C=N–C) groups is 1. The molecular weight excluding hydrogens is 455 g/mol. The second-order valence-corrected chi connectivity index (χ2v) is 6.94. The van der Waals surface area contributed by atoms with Crippen molar-refractivity contribution in [1.29, 1.82) is 0 Å². The number of guanidine groups is 1. The van der Waals surface area contributed by atoms with E-state index in [4.69, 9.17) is 4.99 Å². The van der Waals surface area contributed by atoms with Crippen molar-refractivity contribution in [2.75, 3.05) is 20.1 Å². The van der Waals surface area contributed by atoms with Crippen LogP contribution in [0, 0.1) is 0 Å². The van der Waals surface area contributed by atoms with Crippen molar-refractivity contribution < 1.29 is 0 Å². The Morgan fingerprint density at radius 3 is 2.81 bits per heavy atom. The Morgan fingerprint density at radius 1 is 1.19 bits per heavy atom. The normalized spacial score (nSPS) is 11.2. The molecule has 0 atom stereocenters. The highest BCUT2D eigenvalue weighted by Gasteiger charge is 2.07. The van der Waals surface area contributed by atoms with Crippen LogP contribution in [-0.2, 0) is 13.0 Å². The Kier molecular flexibility index (Phi) is 8.31. The van der Waals surface area contributed by atoms with Crippen molar-refractivity contribution in [3.8, 4) is 0 Å². The molecule has 0 aliphatic heterocycles. The monoisotopic (exact) mass is 480 g/mol. The first-order valence-electron chi connectivity index (χ1n) is 8.62. The lowest BCUT2D eigenvalue weighted by Crippen LogP contribution is -2.39. The summed E-state index contributed by atoms with van der Waals surface area (Å²) in [4.78, 5) is 12.9. The van der Waals surface area contributed by atoms with Gasteiger partial charge in [-0.1, -0.05) is 24.3 Å². The zero-order valence-electron chi connectivity index (χ0n) is 15.2. The van der Waals surface area contributed by atoms with E-state index in [2.05, 4.69) is 64.9 Å². The lowest BCUT2D eigenvalue weighted by Gasteiger charge is -2.22. The number of aromatic nitrogens is 1. The van der Waals surface area contributed by atoms with Gasteiger partial charge >= 0.3 is 0 Å². The van der Waals surface area contributed by atoms with E-state index in [0.717, 1.165) is 31.0 Å². The molecule has 0 amide bonds. The SMILES string of the molecule is CCNC(=NCc1ccnc2ccccc12)N(C)CCc1cccs1.I. The first kappa shape index (κ1) is 20.6. The van der Waals surface area contributed by atoms with Crippen molar-refractivity contribution in [2.24, 2.45) is 4.99 Å². The van der Waals surface area contributed by atoms with Crippen molar-refractivity contribution >= 4 is 52.2 Å². The molecule has 4 nitrogen and oxygen atoms in total. The van der Waals surface area contributed by atoms with Crippen molar-refractivity contribution in [1.82, 2.24) is 15.2 Å². The molecule has 3 aromatic rings. The molecule has 2 heterocycles. The third-order valence-corrected chi connectivity index (χ3v) is 5.04. The summed E-state index contributed by atoms with van der Waals surface area (Å²) in [6, 6.07) is 14.6. The minimum atomic E-state index is 0. The standard InChI is InChI=1S/C20H24N4S.HI/c1-3-21-20(24(2)13-11-17-7-6-14-25-17)23-15-16-10-12-22-19-9-5-4-8-18(16)19;/h4-10,12,14H,3,11,13,15H2,1-2H3,(H,21,23);1H. The number of pyridine rings is 1. The summed E-state index contributed by atoms with van der Waals surface area (Å²) in [6.45, 7) is 4.56. The number of fused-ring (bicyclic) bond motifs is 1. The first-order valence-corrected chi connectivity index (χ1v) is 9.50. The molecule has 26 heavy (non-hydrogen) atoms. The minimum Gasteiger partial charge on any atom is -0.357 e. The van der Waals surface area contributed by atoms with Crippen LogP contribution in [0.25, 0.3) is 10.9 Å². The summed E-state index contributed by atoms with van der Waals surface area (Å²) in [5.41, 5.74) is 2.22. The number of thiophene rings is 1. The molecule has 0 saturated heterocycles. The van der Waals surface area contributed by atoms with E-state index in [1.807, 2.05) is 29.7 Å². The number of halogens is 1. The maximum absolute atomic E-state index is 4.84. The molecule has 0 spiro atoms. The van der Waals surface area contributed by atoms with E-state index < -0.39 is 0 Å². The lowest BCUT2D eigenvalue weighted by molar-refractivity contribution is 0.486. The highest BCUT2D eigenvalue weighted by molar-refractivity contribution is 14.0. The summed E-state index contributed by atoms with van der Waals surface area (Å²) < 4.78 is 0. The molecule has 6 heteroatoms. The van der Waals surface area contributed by atoms with Gasteiger partial charge in [0.15, 0.2) is 5.96 Å². The summed E-state index contributed by atoms with van der Waals surface area (Å²) in [6.07, 6.45) is 2.90. The van der Waals surface area contributed by atoms with Crippen molar-refractivity contribution in [2.45, 2.75) is 19.9 Å². The van der Waals surface area contributed by atoms with E-state index >= 15 is 0 Å². The van der Waals surface area contributed by atoms with Crippen LogP contribution >= 0.6 is 35.3 Å². The highest BCUT2D eigenvalue weighted by atomic mass is 127. The summed E-state index contributed by atoms with van der Waals surface area (Å²) in [5.74, 6) is 0.944. The molecular formula is C20H25IN4S. The van der Waals surface area contributed by atoms with Crippen molar-refractivity contribution in [3.05, 3.63) is 64.5 Å². The second-order valence-electron chi connectivity index (χ2n) is 5.91. The maximum atomic E-state index is 4.84. The number of hydrogen-bond acceptors (Lipinski definition) is 3. The van der Waals surface area contributed by atoms with Gasteiger partial charge in [0.25, 0.3) is 0 Å². The van der Waals surface area contributed by atoms with Gasteiger partial charge in [-0.05, 0) is 42.5 Å². The third-order valence-electron chi connectivity index (χ3n) is 4.11. The molecule has 0 aliphatic carbocycles. The van der Waals surface area contributed by atoms with Gasteiger partial charge in [-0.2, -0.15) is 0 Å². The van der Waals surface area contributed by atoms with Crippen molar-refractivity contribution in [3.63, 3.8) is 0 Å². The quantitative estimate of drug-likeness (QED) is 0.320. The average Bonchev–Trinajstić information content (AvgIpc) is 3.16. The largest absolute Gasteiger partial charge is 0.357 e. The third kappa shape index (κ3) is 5.41. The Labute approximate surface area is 176 Å². The van der Waals surface area contributed by atoms with Gasteiger partial charge in [-0.3, -0.25) is 4.98 Å². The fraction of sp³-hybridized carbons (Fsp3) is 0.300. The second kappa shape index (κ2) is 10.5. The number of rotatable bonds is 6. The van der Waals surface area contributed by atoms with Gasteiger partial charge in [-0.25, -0.2) is 4.99 Å². The van der Waals surface area contributed by atoms with Crippen LogP contribution in [0.5, 0.6) is 0 Å². The molecule has 0 bridgehead atoms. The average molecular weight is 480 g/mol. The van der Waals surface area contributed by atoms with Crippen LogP contribution in [0.3, 0.4) is 0 Å². The number of benzene rings is 1. The highest BCUT2D eigenvalue weighted by Crippen LogP contribution is 2.17. The van der Waals surface area contributed by atoms with E-state index in [9.17, 15) is 0 Å². The van der Waals surface area contributed by atoms with Crippen LogP contribution in [0.2, 0.25) is 0 Å². The topological polar surface area (TPSA) is 40.5 Å². The number of hydrogen-bond donors (Lipinski definition) is 1. The van der Waals surface area contributed by atoms with Crippen LogP contribution < -0.4 is 5.32 Å². The molecule has 1 N–H and O–H groups in total. The van der Waals surface area contributed by atoms with Gasteiger partial charge in [0.05, 0.1) is 12.1 Å². The maximum Gasteiger partial charge on any atom is 0.193 e. The number of para-hydroxylation sites is 1. The number of nitrogens with one attached hydrogen (secondary N) is 1. The molecule has 0 aliphatic rings. The molecule has 0 saturated carbocycles. The molecule has 138 valence electrons. The minimum absolute atomic E-state index is 0. The van der Waals surface area contributed by atoms with Gasteiger partial charge in [0, 0.05) is 36.6 Å². The van der Waals surface area contributed by atoms with E-state index in [1.54, 1.807) is 0 Å². The number of likely N-dealkylation sites (N-methyl/N-ethyl adjacent to an activating group) is 1. The lowest BCUT2D eigenvalue weighted by atomic mass is 10.1. The number of nitrogens with zero attached hydrogens (tertiary/aromatic N) is 3. The predicted molar refractivity (Wildman–Crippen MR) is 123 cm³/mol. The zero-order chi connectivity index (χ0) is 17.5.